The smallest absolute Gasteiger partial charge is 0.318 e. The Morgan fingerprint density at radius 1 is 1.45 bits per heavy atom. The molecule has 2 N–H and O–H groups in total. The molecule has 1 aromatic rings. The van der Waals surface area contributed by atoms with Gasteiger partial charge in [0.2, 0.25) is 0 Å². The number of carboxylic acid groups (broad SMARTS) is 1. The van der Waals surface area contributed by atoms with Crippen molar-refractivity contribution in [3.05, 3.63) is 34.9 Å². The predicted molar refractivity (Wildman–Crippen MR) is 85.0 cm³/mol. The first-order valence-electron chi connectivity index (χ1n) is 7.51. The van der Waals surface area contributed by atoms with Crippen molar-refractivity contribution in [3.63, 3.8) is 0 Å². The number of amides is 2. The molecule has 1 aliphatic rings. The van der Waals surface area contributed by atoms with Gasteiger partial charge in [0.05, 0.1) is 12.5 Å². The standard InChI is InChI=1S/C16H21ClN2O3/c1-11-5-2-3-8-19(11)16(22)18-14(10-15(20)21)12-6-4-7-13(17)9-12/h4,6-7,9,11,14H,2-3,5,8,10H2,1H3,(H,18,22)(H,20,21)/t11?,14-/m1/s1. The van der Waals surface area contributed by atoms with Crippen LogP contribution in [0.4, 0.5) is 4.79 Å². The third-order valence-corrected chi connectivity index (χ3v) is 4.23. The molecule has 1 fully saturated rings. The second-order valence-electron chi connectivity index (χ2n) is 5.69. The van der Waals surface area contributed by atoms with E-state index >= 15 is 0 Å². The van der Waals surface area contributed by atoms with Gasteiger partial charge in [0.1, 0.15) is 0 Å². The molecule has 0 bridgehead atoms. The van der Waals surface area contributed by atoms with Gasteiger partial charge >= 0.3 is 12.0 Å². The summed E-state index contributed by atoms with van der Waals surface area (Å²) in [5.41, 5.74) is 0.702. The normalized spacial score (nSPS) is 19.5. The van der Waals surface area contributed by atoms with E-state index in [9.17, 15) is 9.59 Å². The van der Waals surface area contributed by atoms with Crippen LogP contribution in [0.3, 0.4) is 0 Å². The Labute approximate surface area is 135 Å². The van der Waals surface area contributed by atoms with E-state index in [-0.39, 0.29) is 18.5 Å². The van der Waals surface area contributed by atoms with Crippen LogP contribution >= 0.6 is 11.6 Å². The average Bonchev–Trinajstić information content (AvgIpc) is 2.46. The number of carbonyl (C=O) groups is 2. The van der Waals surface area contributed by atoms with Crippen LogP contribution < -0.4 is 5.32 Å². The van der Waals surface area contributed by atoms with Gasteiger partial charge in [-0.2, -0.15) is 0 Å². The third-order valence-electron chi connectivity index (χ3n) is 3.99. The lowest BCUT2D eigenvalue weighted by Gasteiger charge is -2.34. The van der Waals surface area contributed by atoms with E-state index in [4.69, 9.17) is 16.7 Å². The Kier molecular flexibility index (Phi) is 5.66. The van der Waals surface area contributed by atoms with Gasteiger partial charge in [-0.25, -0.2) is 4.79 Å². The van der Waals surface area contributed by atoms with Crippen LogP contribution in [0.25, 0.3) is 0 Å². The van der Waals surface area contributed by atoms with Crippen LogP contribution in [0.2, 0.25) is 5.02 Å². The van der Waals surface area contributed by atoms with Crippen LogP contribution in [-0.2, 0) is 4.79 Å². The van der Waals surface area contributed by atoms with Gasteiger partial charge in [-0.3, -0.25) is 4.79 Å². The maximum absolute atomic E-state index is 12.4. The highest BCUT2D eigenvalue weighted by Gasteiger charge is 2.26. The van der Waals surface area contributed by atoms with Gasteiger partial charge in [-0.15, -0.1) is 0 Å². The number of nitrogens with zero attached hydrogens (tertiary/aromatic N) is 1. The zero-order valence-corrected chi connectivity index (χ0v) is 13.3. The Bertz CT molecular complexity index is 550. The molecular weight excluding hydrogens is 304 g/mol. The Morgan fingerprint density at radius 3 is 2.86 bits per heavy atom. The average molecular weight is 325 g/mol. The number of hydrogen-bond acceptors (Lipinski definition) is 2. The molecule has 0 aromatic heterocycles. The van der Waals surface area contributed by atoms with Gasteiger partial charge < -0.3 is 15.3 Å². The number of rotatable bonds is 4. The number of benzene rings is 1. The van der Waals surface area contributed by atoms with Crippen molar-refractivity contribution in [1.29, 1.82) is 0 Å². The van der Waals surface area contributed by atoms with Crippen molar-refractivity contribution < 1.29 is 14.7 Å². The summed E-state index contributed by atoms with van der Waals surface area (Å²) in [5, 5.41) is 12.5. The van der Waals surface area contributed by atoms with Gasteiger partial charge in [0.15, 0.2) is 0 Å². The summed E-state index contributed by atoms with van der Waals surface area (Å²) in [6.07, 6.45) is 2.92. The Morgan fingerprint density at radius 2 is 2.23 bits per heavy atom. The molecule has 2 amide bonds. The molecular formula is C16H21ClN2O3. The first kappa shape index (κ1) is 16.6. The lowest BCUT2D eigenvalue weighted by molar-refractivity contribution is -0.137. The highest BCUT2D eigenvalue weighted by molar-refractivity contribution is 6.30. The zero-order chi connectivity index (χ0) is 16.1. The second kappa shape index (κ2) is 7.49. The summed E-state index contributed by atoms with van der Waals surface area (Å²) in [4.78, 5) is 25.3. The molecule has 120 valence electrons. The maximum atomic E-state index is 12.4. The molecule has 5 nitrogen and oxygen atoms in total. The summed E-state index contributed by atoms with van der Waals surface area (Å²) in [6, 6.07) is 6.32. The predicted octanol–water partition coefficient (Wildman–Crippen LogP) is 3.44. The van der Waals surface area contributed by atoms with Crippen LogP contribution in [0.15, 0.2) is 24.3 Å². The van der Waals surface area contributed by atoms with Crippen molar-refractivity contribution in [2.75, 3.05) is 6.54 Å². The van der Waals surface area contributed by atoms with E-state index in [1.54, 1.807) is 29.2 Å². The molecule has 1 heterocycles. The van der Waals surface area contributed by atoms with Crippen LogP contribution in [0.5, 0.6) is 0 Å². The van der Waals surface area contributed by atoms with E-state index in [2.05, 4.69) is 5.32 Å². The molecule has 1 aromatic carbocycles. The quantitative estimate of drug-likeness (QED) is 0.891. The van der Waals surface area contributed by atoms with Crippen molar-refractivity contribution in [2.24, 2.45) is 0 Å². The van der Waals surface area contributed by atoms with E-state index in [1.807, 2.05) is 6.92 Å². The largest absolute Gasteiger partial charge is 0.481 e. The molecule has 0 aliphatic carbocycles. The number of halogens is 1. The molecule has 2 atom stereocenters. The van der Waals surface area contributed by atoms with Gasteiger partial charge in [0, 0.05) is 17.6 Å². The van der Waals surface area contributed by atoms with E-state index < -0.39 is 12.0 Å². The number of carboxylic acids is 1. The first-order chi connectivity index (χ1) is 10.5. The first-order valence-corrected chi connectivity index (χ1v) is 7.89. The van der Waals surface area contributed by atoms with Crippen molar-refractivity contribution in [3.8, 4) is 0 Å². The summed E-state index contributed by atoms with van der Waals surface area (Å²) in [6.45, 7) is 2.73. The fourth-order valence-electron chi connectivity index (χ4n) is 2.78. The fourth-order valence-corrected chi connectivity index (χ4v) is 2.98. The molecule has 22 heavy (non-hydrogen) atoms. The minimum absolute atomic E-state index is 0.172. The number of likely N-dealkylation sites (tertiary alicyclic amines) is 1. The maximum Gasteiger partial charge on any atom is 0.318 e. The third kappa shape index (κ3) is 4.37. The number of urea groups is 1. The van der Waals surface area contributed by atoms with Gasteiger partial charge in [0.25, 0.3) is 0 Å². The molecule has 1 aliphatic heterocycles. The van der Waals surface area contributed by atoms with E-state index in [1.165, 1.54) is 0 Å². The number of nitrogens with one attached hydrogen (secondary N) is 1. The highest BCUT2D eigenvalue weighted by atomic mass is 35.5. The summed E-state index contributed by atoms with van der Waals surface area (Å²) in [5.74, 6) is -0.961. The van der Waals surface area contributed by atoms with E-state index in [0.717, 1.165) is 19.3 Å². The molecule has 0 spiro atoms. The van der Waals surface area contributed by atoms with Crippen molar-refractivity contribution in [1.82, 2.24) is 10.2 Å². The number of piperidine rings is 1. The number of hydrogen-bond donors (Lipinski definition) is 2. The van der Waals surface area contributed by atoms with Crippen LogP contribution in [0, 0.1) is 0 Å². The van der Waals surface area contributed by atoms with Crippen LogP contribution in [0.1, 0.15) is 44.2 Å². The SMILES string of the molecule is CC1CCCCN1C(=O)N[C@H](CC(=O)O)c1cccc(Cl)c1. The summed E-state index contributed by atoms with van der Waals surface area (Å²) < 4.78 is 0. The van der Waals surface area contributed by atoms with Crippen LogP contribution in [-0.4, -0.2) is 34.6 Å². The van der Waals surface area contributed by atoms with Crippen molar-refractivity contribution >= 4 is 23.6 Å². The molecule has 0 radical (unpaired) electrons. The van der Waals surface area contributed by atoms with E-state index in [0.29, 0.717) is 17.1 Å². The minimum Gasteiger partial charge on any atom is -0.481 e. The molecule has 6 heteroatoms. The number of carbonyl (C=O) groups excluding carboxylic acids is 1. The minimum atomic E-state index is -0.961. The monoisotopic (exact) mass is 324 g/mol. The lowest BCUT2D eigenvalue weighted by Crippen LogP contribution is -2.48. The Hall–Kier alpha value is -1.75. The molecule has 0 saturated carbocycles. The van der Waals surface area contributed by atoms with Crippen molar-refractivity contribution in [2.45, 2.75) is 44.7 Å². The second-order valence-corrected chi connectivity index (χ2v) is 6.13. The van der Waals surface area contributed by atoms with Gasteiger partial charge in [-0.1, -0.05) is 23.7 Å². The fraction of sp³-hybridized carbons (Fsp3) is 0.500. The van der Waals surface area contributed by atoms with Gasteiger partial charge in [-0.05, 0) is 43.9 Å². The summed E-state index contributed by atoms with van der Waals surface area (Å²) in [7, 11) is 0. The molecule has 2 rings (SSSR count). The molecule has 1 unspecified atom stereocenters. The summed E-state index contributed by atoms with van der Waals surface area (Å²) >= 11 is 5.96. The highest BCUT2D eigenvalue weighted by Crippen LogP contribution is 2.22. The molecule has 1 saturated heterocycles. The zero-order valence-electron chi connectivity index (χ0n) is 12.6. The topological polar surface area (TPSA) is 69.6 Å². The number of aliphatic carboxylic acids is 1. The Balaban J connectivity index is 2.12. The lowest BCUT2D eigenvalue weighted by atomic mass is 10.0.